The average Bonchev–Trinajstić information content (AvgIpc) is 2.71. The smallest absolute Gasteiger partial charge is 0.0351 e. The molecule has 1 fully saturated rings. The largest absolute Gasteiger partial charge is 0.385 e. The van der Waals surface area contributed by atoms with Crippen molar-refractivity contribution in [3.8, 4) is 0 Å². The van der Waals surface area contributed by atoms with Crippen molar-refractivity contribution in [2.75, 3.05) is 18.4 Å². The summed E-state index contributed by atoms with van der Waals surface area (Å²) in [6.07, 6.45) is 3.88. The predicted octanol–water partition coefficient (Wildman–Crippen LogP) is 3.00. The van der Waals surface area contributed by atoms with Gasteiger partial charge in [0.1, 0.15) is 0 Å². The Labute approximate surface area is 99.6 Å². The van der Waals surface area contributed by atoms with Gasteiger partial charge in [0.15, 0.2) is 0 Å². The summed E-state index contributed by atoms with van der Waals surface area (Å²) in [5.41, 5.74) is 1.20. The summed E-state index contributed by atoms with van der Waals surface area (Å²) < 4.78 is 1.13. The molecule has 3 heteroatoms. The first-order chi connectivity index (χ1) is 7.34. The molecule has 0 aromatic heterocycles. The second-order valence-corrected chi connectivity index (χ2v) is 4.93. The van der Waals surface area contributed by atoms with E-state index in [9.17, 15) is 0 Å². The Balaban J connectivity index is 1.73. The van der Waals surface area contributed by atoms with E-state index in [-0.39, 0.29) is 0 Å². The summed E-state index contributed by atoms with van der Waals surface area (Å²) in [7, 11) is 0. The molecule has 1 aromatic carbocycles. The highest BCUT2D eigenvalue weighted by Crippen LogP contribution is 2.16. The Morgan fingerprint density at radius 1 is 1.47 bits per heavy atom. The van der Waals surface area contributed by atoms with Crippen molar-refractivity contribution in [2.24, 2.45) is 0 Å². The fraction of sp³-hybridized carbons (Fsp3) is 0.500. The number of benzene rings is 1. The second-order valence-electron chi connectivity index (χ2n) is 4.02. The maximum atomic E-state index is 3.50. The molecule has 1 aliphatic heterocycles. The third-order valence-corrected chi connectivity index (χ3v) is 3.30. The maximum Gasteiger partial charge on any atom is 0.0351 e. The molecule has 0 amide bonds. The van der Waals surface area contributed by atoms with Crippen molar-refractivity contribution in [3.63, 3.8) is 0 Å². The van der Waals surface area contributed by atoms with E-state index < -0.39 is 0 Å². The molecule has 2 nitrogen and oxygen atoms in total. The standard InChI is InChI=1S/C12H17BrN2/c13-10-3-1-4-12(9-10)15-8-6-11-5-2-7-14-11/h1,3-4,9,11,14-15H,2,5-8H2. The van der Waals surface area contributed by atoms with E-state index in [1.807, 2.05) is 6.07 Å². The summed E-state index contributed by atoms with van der Waals surface area (Å²) >= 11 is 3.47. The molecule has 2 N–H and O–H groups in total. The molecule has 1 atom stereocenters. The van der Waals surface area contributed by atoms with Crippen molar-refractivity contribution in [1.29, 1.82) is 0 Å². The monoisotopic (exact) mass is 268 g/mol. The zero-order valence-corrected chi connectivity index (χ0v) is 10.4. The van der Waals surface area contributed by atoms with Crippen LogP contribution in [0.3, 0.4) is 0 Å². The fourth-order valence-electron chi connectivity index (χ4n) is 1.99. The van der Waals surface area contributed by atoms with E-state index in [1.165, 1.54) is 31.5 Å². The van der Waals surface area contributed by atoms with E-state index >= 15 is 0 Å². The van der Waals surface area contributed by atoms with Gasteiger partial charge < -0.3 is 10.6 Å². The molecular formula is C12H17BrN2. The number of hydrogen-bond acceptors (Lipinski definition) is 2. The summed E-state index contributed by atoms with van der Waals surface area (Å²) in [4.78, 5) is 0. The summed E-state index contributed by atoms with van der Waals surface area (Å²) in [6.45, 7) is 2.25. The van der Waals surface area contributed by atoms with Gasteiger partial charge in [-0.1, -0.05) is 22.0 Å². The van der Waals surface area contributed by atoms with E-state index in [1.54, 1.807) is 0 Å². The van der Waals surface area contributed by atoms with Gasteiger partial charge in [-0.15, -0.1) is 0 Å². The lowest BCUT2D eigenvalue weighted by atomic mass is 10.1. The molecule has 1 aromatic rings. The Morgan fingerprint density at radius 3 is 3.13 bits per heavy atom. The fourth-order valence-corrected chi connectivity index (χ4v) is 2.39. The minimum Gasteiger partial charge on any atom is -0.385 e. The molecule has 0 radical (unpaired) electrons. The maximum absolute atomic E-state index is 3.50. The summed E-state index contributed by atoms with van der Waals surface area (Å²) in [5.74, 6) is 0. The lowest BCUT2D eigenvalue weighted by Crippen LogP contribution is -2.24. The quantitative estimate of drug-likeness (QED) is 0.878. The molecule has 0 aliphatic carbocycles. The molecular weight excluding hydrogens is 252 g/mol. The van der Waals surface area contributed by atoms with Crippen LogP contribution in [0.5, 0.6) is 0 Å². The minimum atomic E-state index is 0.727. The number of hydrogen-bond donors (Lipinski definition) is 2. The summed E-state index contributed by atoms with van der Waals surface area (Å²) in [5, 5.41) is 6.95. The Morgan fingerprint density at radius 2 is 2.40 bits per heavy atom. The highest BCUT2D eigenvalue weighted by molar-refractivity contribution is 9.10. The van der Waals surface area contributed by atoms with E-state index in [4.69, 9.17) is 0 Å². The zero-order chi connectivity index (χ0) is 10.5. The van der Waals surface area contributed by atoms with E-state index in [0.29, 0.717) is 0 Å². The minimum absolute atomic E-state index is 0.727. The van der Waals surface area contributed by atoms with Crippen molar-refractivity contribution in [2.45, 2.75) is 25.3 Å². The summed E-state index contributed by atoms with van der Waals surface area (Å²) in [6, 6.07) is 9.04. The van der Waals surface area contributed by atoms with Gasteiger partial charge in [-0.25, -0.2) is 0 Å². The van der Waals surface area contributed by atoms with Crippen molar-refractivity contribution >= 4 is 21.6 Å². The number of halogens is 1. The third-order valence-electron chi connectivity index (χ3n) is 2.81. The van der Waals surface area contributed by atoms with Crippen LogP contribution >= 0.6 is 15.9 Å². The molecule has 1 saturated heterocycles. The van der Waals surface area contributed by atoms with Crippen LogP contribution in [0.4, 0.5) is 5.69 Å². The van der Waals surface area contributed by atoms with Crippen molar-refractivity contribution in [3.05, 3.63) is 28.7 Å². The van der Waals surface area contributed by atoms with Crippen LogP contribution in [0.2, 0.25) is 0 Å². The zero-order valence-electron chi connectivity index (χ0n) is 8.80. The lowest BCUT2D eigenvalue weighted by molar-refractivity contribution is 0.574. The van der Waals surface area contributed by atoms with Gasteiger partial charge in [0.05, 0.1) is 0 Å². The first kappa shape index (κ1) is 11.0. The van der Waals surface area contributed by atoms with Crippen LogP contribution in [0.1, 0.15) is 19.3 Å². The molecule has 0 saturated carbocycles. The van der Waals surface area contributed by atoms with E-state index in [0.717, 1.165) is 17.1 Å². The van der Waals surface area contributed by atoms with Gasteiger partial charge in [-0.2, -0.15) is 0 Å². The molecule has 1 aliphatic rings. The Hall–Kier alpha value is -0.540. The number of anilines is 1. The van der Waals surface area contributed by atoms with Crippen LogP contribution in [0.25, 0.3) is 0 Å². The van der Waals surface area contributed by atoms with Crippen LogP contribution in [-0.4, -0.2) is 19.1 Å². The first-order valence-corrected chi connectivity index (χ1v) is 6.37. The SMILES string of the molecule is Brc1cccc(NCCC2CCCN2)c1. The van der Waals surface area contributed by atoms with Gasteiger partial charge >= 0.3 is 0 Å². The molecule has 82 valence electrons. The molecule has 2 rings (SSSR count). The van der Waals surface area contributed by atoms with Gasteiger partial charge in [-0.3, -0.25) is 0 Å². The van der Waals surface area contributed by atoms with Crippen LogP contribution < -0.4 is 10.6 Å². The lowest BCUT2D eigenvalue weighted by Gasteiger charge is -2.11. The van der Waals surface area contributed by atoms with Crippen LogP contribution in [0, 0.1) is 0 Å². The van der Waals surface area contributed by atoms with Crippen molar-refractivity contribution in [1.82, 2.24) is 5.32 Å². The molecule has 1 heterocycles. The third kappa shape index (κ3) is 3.50. The number of nitrogens with one attached hydrogen (secondary N) is 2. The average molecular weight is 269 g/mol. The first-order valence-electron chi connectivity index (χ1n) is 5.57. The topological polar surface area (TPSA) is 24.1 Å². The van der Waals surface area contributed by atoms with Crippen LogP contribution in [-0.2, 0) is 0 Å². The Bertz CT molecular complexity index is 308. The van der Waals surface area contributed by atoms with Crippen molar-refractivity contribution < 1.29 is 0 Å². The highest BCUT2D eigenvalue weighted by atomic mass is 79.9. The van der Waals surface area contributed by atoms with Crippen LogP contribution in [0.15, 0.2) is 28.7 Å². The van der Waals surface area contributed by atoms with Gasteiger partial charge in [-0.05, 0) is 44.0 Å². The Kier molecular flexibility index (Phi) is 4.03. The van der Waals surface area contributed by atoms with Gasteiger partial charge in [0.2, 0.25) is 0 Å². The molecule has 0 spiro atoms. The van der Waals surface area contributed by atoms with E-state index in [2.05, 4.69) is 44.8 Å². The molecule has 1 unspecified atom stereocenters. The predicted molar refractivity (Wildman–Crippen MR) is 68.3 cm³/mol. The van der Waals surface area contributed by atoms with Gasteiger partial charge in [0.25, 0.3) is 0 Å². The second kappa shape index (κ2) is 5.52. The normalized spacial score (nSPS) is 20.5. The number of rotatable bonds is 4. The van der Waals surface area contributed by atoms with Gasteiger partial charge in [0, 0.05) is 22.7 Å². The molecule has 0 bridgehead atoms. The highest BCUT2D eigenvalue weighted by Gasteiger charge is 2.12. The molecule has 15 heavy (non-hydrogen) atoms.